The number of carbonyl (C=O) groups excluding carboxylic acids is 2. The van der Waals surface area contributed by atoms with Crippen molar-refractivity contribution in [3.8, 4) is 11.3 Å². The number of hydrogen-bond acceptors (Lipinski definition) is 3. The molecule has 148 valence electrons. The van der Waals surface area contributed by atoms with Gasteiger partial charge in [-0.15, -0.1) is 0 Å². The molecule has 3 aromatic carbocycles. The van der Waals surface area contributed by atoms with Gasteiger partial charge in [-0.3, -0.25) is 9.59 Å². The molecule has 2 heterocycles. The molecule has 0 unspecified atom stereocenters. The number of nitrogens with zero attached hydrogens (tertiary/aromatic N) is 1. The van der Waals surface area contributed by atoms with E-state index in [1.54, 1.807) is 18.2 Å². The zero-order valence-corrected chi connectivity index (χ0v) is 16.8. The van der Waals surface area contributed by atoms with Gasteiger partial charge in [-0.05, 0) is 34.5 Å². The lowest BCUT2D eigenvalue weighted by Gasteiger charge is -2.03. The molecule has 4 nitrogen and oxygen atoms in total. The Bertz CT molecular complexity index is 1510. The van der Waals surface area contributed by atoms with Crippen LogP contribution in [-0.4, -0.2) is 16.1 Å². The van der Waals surface area contributed by atoms with Crippen molar-refractivity contribution in [2.45, 2.75) is 0 Å². The molecule has 1 aliphatic carbocycles. The summed E-state index contributed by atoms with van der Waals surface area (Å²) in [5.41, 5.74) is 4.82. The Balaban J connectivity index is 1.42. The van der Waals surface area contributed by atoms with Crippen LogP contribution in [0.25, 0.3) is 39.2 Å². The minimum absolute atomic E-state index is 0.146. The van der Waals surface area contributed by atoms with Gasteiger partial charge in [0.1, 0.15) is 5.76 Å². The molecular formula is C27H17NO3. The van der Waals surface area contributed by atoms with Crippen LogP contribution < -0.4 is 0 Å². The summed E-state index contributed by atoms with van der Waals surface area (Å²) in [4.78, 5) is 26.0. The van der Waals surface area contributed by atoms with Crippen LogP contribution in [0.4, 0.5) is 0 Å². The van der Waals surface area contributed by atoms with Crippen LogP contribution in [0.15, 0.2) is 88.9 Å². The molecule has 0 fully saturated rings. The maximum atomic E-state index is 13.0. The minimum atomic E-state index is -0.254. The van der Waals surface area contributed by atoms with Crippen molar-refractivity contribution in [1.82, 2.24) is 4.57 Å². The van der Waals surface area contributed by atoms with Gasteiger partial charge in [0.25, 0.3) is 0 Å². The van der Waals surface area contributed by atoms with Crippen molar-refractivity contribution in [3.63, 3.8) is 0 Å². The number of fused-ring (bicyclic) bond motifs is 3. The van der Waals surface area contributed by atoms with E-state index in [-0.39, 0.29) is 17.1 Å². The molecule has 0 radical (unpaired) electrons. The van der Waals surface area contributed by atoms with Gasteiger partial charge in [0.2, 0.25) is 0 Å². The standard InChI is InChI=1S/C27H17NO3/c1-28-23(16-7-3-2-4-8-16)15-25-24(28)14-19(31-25)13-22-26(29)20-11-17-9-5-6-10-18(17)12-21(20)27(22)30/h2-15H,1H3. The first-order chi connectivity index (χ1) is 15.1. The van der Waals surface area contributed by atoms with E-state index in [1.807, 2.05) is 73.8 Å². The summed E-state index contributed by atoms with van der Waals surface area (Å²) >= 11 is 0. The van der Waals surface area contributed by atoms with Gasteiger partial charge < -0.3 is 8.98 Å². The zero-order valence-electron chi connectivity index (χ0n) is 16.8. The first-order valence-corrected chi connectivity index (χ1v) is 10.1. The van der Waals surface area contributed by atoms with Crippen molar-refractivity contribution in [3.05, 3.63) is 101 Å². The van der Waals surface area contributed by atoms with Crippen molar-refractivity contribution >= 4 is 39.5 Å². The lowest BCUT2D eigenvalue weighted by molar-refractivity contribution is 0.0990. The largest absolute Gasteiger partial charge is 0.455 e. The maximum Gasteiger partial charge on any atom is 0.197 e. The van der Waals surface area contributed by atoms with E-state index in [0.29, 0.717) is 22.5 Å². The summed E-state index contributed by atoms with van der Waals surface area (Å²) in [6, 6.07) is 25.3. The Morgan fingerprint density at radius 1 is 0.774 bits per heavy atom. The third-order valence-corrected chi connectivity index (χ3v) is 5.97. The van der Waals surface area contributed by atoms with E-state index < -0.39 is 0 Å². The Hall–Kier alpha value is -4.18. The molecule has 31 heavy (non-hydrogen) atoms. The third-order valence-electron chi connectivity index (χ3n) is 5.97. The number of Topliss-reactive ketones (excluding diaryl/α,β-unsaturated/α-hetero) is 2. The smallest absolute Gasteiger partial charge is 0.197 e. The summed E-state index contributed by atoms with van der Waals surface area (Å²) in [6.45, 7) is 0. The van der Waals surface area contributed by atoms with Gasteiger partial charge in [0.05, 0.1) is 16.8 Å². The molecule has 0 spiro atoms. The molecule has 6 rings (SSSR count). The molecule has 0 amide bonds. The van der Waals surface area contributed by atoms with Crippen LogP contribution in [0.3, 0.4) is 0 Å². The molecular weight excluding hydrogens is 386 g/mol. The number of aryl methyl sites for hydroxylation is 1. The number of aromatic nitrogens is 1. The topological polar surface area (TPSA) is 52.2 Å². The molecule has 1 aliphatic rings. The average Bonchev–Trinajstić information content (AvgIpc) is 3.41. The lowest BCUT2D eigenvalue weighted by atomic mass is 10.0. The number of furan rings is 1. The van der Waals surface area contributed by atoms with Gasteiger partial charge >= 0.3 is 0 Å². The molecule has 0 saturated carbocycles. The van der Waals surface area contributed by atoms with Crippen molar-refractivity contribution in [1.29, 1.82) is 0 Å². The molecule has 0 atom stereocenters. The Morgan fingerprint density at radius 3 is 2.00 bits per heavy atom. The van der Waals surface area contributed by atoms with Crippen LogP contribution in [0.5, 0.6) is 0 Å². The highest BCUT2D eigenvalue weighted by molar-refractivity contribution is 6.42. The fourth-order valence-electron chi connectivity index (χ4n) is 4.37. The van der Waals surface area contributed by atoms with E-state index in [2.05, 4.69) is 4.57 Å². The quantitative estimate of drug-likeness (QED) is 0.266. The van der Waals surface area contributed by atoms with E-state index in [1.165, 1.54) is 0 Å². The number of rotatable bonds is 2. The normalized spacial score (nSPS) is 13.4. The number of benzene rings is 3. The van der Waals surface area contributed by atoms with Crippen molar-refractivity contribution in [2.24, 2.45) is 7.05 Å². The monoisotopic (exact) mass is 403 g/mol. The molecule has 0 N–H and O–H groups in total. The molecule has 5 aromatic rings. The summed E-state index contributed by atoms with van der Waals surface area (Å²) in [7, 11) is 1.98. The van der Waals surface area contributed by atoms with Crippen LogP contribution in [-0.2, 0) is 7.05 Å². The molecule has 0 saturated heterocycles. The van der Waals surface area contributed by atoms with E-state index in [4.69, 9.17) is 4.42 Å². The number of ketones is 2. The first-order valence-electron chi connectivity index (χ1n) is 10.1. The van der Waals surface area contributed by atoms with Crippen molar-refractivity contribution < 1.29 is 14.0 Å². The summed E-state index contributed by atoms with van der Waals surface area (Å²) in [5.74, 6) is -0.0124. The van der Waals surface area contributed by atoms with Gasteiger partial charge in [-0.25, -0.2) is 0 Å². The zero-order chi connectivity index (χ0) is 21.1. The van der Waals surface area contributed by atoms with Crippen LogP contribution in [0.2, 0.25) is 0 Å². The summed E-state index contributed by atoms with van der Waals surface area (Å²) < 4.78 is 8.04. The maximum absolute atomic E-state index is 13.0. The second kappa shape index (κ2) is 6.41. The Labute approximate surface area is 178 Å². The summed E-state index contributed by atoms with van der Waals surface area (Å²) in [5, 5.41) is 1.89. The SMILES string of the molecule is Cn1c(-c2ccccc2)cc2oc(C=C3C(=O)c4cc5ccccc5cc4C3=O)cc21. The van der Waals surface area contributed by atoms with E-state index >= 15 is 0 Å². The highest BCUT2D eigenvalue weighted by Gasteiger charge is 2.33. The summed E-state index contributed by atoms with van der Waals surface area (Å²) in [6.07, 6.45) is 1.57. The molecule has 2 aromatic heterocycles. The van der Waals surface area contributed by atoms with Crippen molar-refractivity contribution in [2.75, 3.05) is 0 Å². The van der Waals surface area contributed by atoms with Crippen LogP contribution >= 0.6 is 0 Å². The number of hydrogen-bond donors (Lipinski definition) is 0. The predicted molar refractivity (Wildman–Crippen MR) is 121 cm³/mol. The highest BCUT2D eigenvalue weighted by Crippen LogP contribution is 2.34. The average molecular weight is 403 g/mol. The second-order valence-electron chi connectivity index (χ2n) is 7.81. The van der Waals surface area contributed by atoms with E-state index in [0.717, 1.165) is 27.5 Å². The van der Waals surface area contributed by atoms with Gasteiger partial charge in [-0.1, -0.05) is 54.6 Å². The van der Waals surface area contributed by atoms with Crippen LogP contribution in [0, 0.1) is 0 Å². The third kappa shape index (κ3) is 2.62. The Kier molecular flexibility index (Phi) is 3.65. The van der Waals surface area contributed by atoms with Gasteiger partial charge in [0, 0.05) is 30.3 Å². The Morgan fingerprint density at radius 2 is 1.39 bits per heavy atom. The number of carbonyl (C=O) groups is 2. The fourth-order valence-corrected chi connectivity index (χ4v) is 4.37. The van der Waals surface area contributed by atoms with Crippen LogP contribution in [0.1, 0.15) is 26.5 Å². The molecule has 0 bridgehead atoms. The number of allylic oxidation sites excluding steroid dienone is 1. The minimum Gasteiger partial charge on any atom is -0.455 e. The van der Waals surface area contributed by atoms with Gasteiger partial charge in [-0.2, -0.15) is 0 Å². The molecule has 0 aliphatic heterocycles. The van der Waals surface area contributed by atoms with Gasteiger partial charge in [0.15, 0.2) is 17.1 Å². The first kappa shape index (κ1) is 17.7. The predicted octanol–water partition coefficient (Wildman–Crippen LogP) is 6.05. The second-order valence-corrected chi connectivity index (χ2v) is 7.81. The fraction of sp³-hybridized carbons (Fsp3) is 0.0370. The molecule has 4 heteroatoms. The van der Waals surface area contributed by atoms with E-state index in [9.17, 15) is 9.59 Å². The highest BCUT2D eigenvalue weighted by atomic mass is 16.3. The lowest BCUT2D eigenvalue weighted by Crippen LogP contribution is -1.99.